The molecule has 2 fully saturated rings. The summed E-state index contributed by atoms with van der Waals surface area (Å²) in [5, 5.41) is 0. The van der Waals surface area contributed by atoms with Crippen molar-refractivity contribution in [1.82, 2.24) is 0 Å². The van der Waals surface area contributed by atoms with E-state index >= 15 is 0 Å². The van der Waals surface area contributed by atoms with Crippen molar-refractivity contribution in [2.75, 3.05) is 6.79 Å². The van der Waals surface area contributed by atoms with Gasteiger partial charge in [0.25, 0.3) is 0 Å². The summed E-state index contributed by atoms with van der Waals surface area (Å²) in [5.74, 6) is -0.644. The van der Waals surface area contributed by atoms with Gasteiger partial charge in [-0.25, -0.2) is 9.59 Å². The third-order valence-electron chi connectivity index (χ3n) is 4.63. The summed E-state index contributed by atoms with van der Waals surface area (Å²) in [4.78, 5) is 24.3. The van der Waals surface area contributed by atoms with Crippen LogP contribution in [0.25, 0.3) is 0 Å². The molecule has 2 saturated carbocycles. The van der Waals surface area contributed by atoms with Gasteiger partial charge >= 0.3 is 11.9 Å². The minimum Gasteiger partial charge on any atom is -0.424 e. The van der Waals surface area contributed by atoms with Crippen molar-refractivity contribution in [2.24, 2.45) is 0 Å². The molecule has 4 aliphatic rings. The molecule has 0 amide bonds. The van der Waals surface area contributed by atoms with Gasteiger partial charge in [0.2, 0.25) is 6.79 Å². The Labute approximate surface area is 117 Å². The predicted molar refractivity (Wildman–Crippen MR) is 70.4 cm³/mol. The van der Waals surface area contributed by atoms with E-state index in [0.29, 0.717) is 6.42 Å². The second kappa shape index (κ2) is 4.33. The summed E-state index contributed by atoms with van der Waals surface area (Å²) in [6, 6.07) is 0. The average molecular weight is 272 g/mol. The van der Waals surface area contributed by atoms with Crippen molar-refractivity contribution in [3.05, 3.63) is 33.4 Å². The molecule has 0 unspecified atom stereocenters. The van der Waals surface area contributed by atoms with Crippen LogP contribution in [0.15, 0.2) is 33.4 Å². The monoisotopic (exact) mass is 272 g/mol. The molecule has 0 aromatic rings. The number of hydrogen-bond donors (Lipinski definition) is 0. The van der Waals surface area contributed by atoms with Gasteiger partial charge in [-0.05, 0) is 48.8 Å². The van der Waals surface area contributed by atoms with Crippen molar-refractivity contribution in [3.8, 4) is 0 Å². The zero-order valence-electron chi connectivity index (χ0n) is 11.3. The van der Waals surface area contributed by atoms with E-state index < -0.39 is 0 Å². The molecule has 1 heterocycles. The number of carbonyl (C=O) groups is 2. The van der Waals surface area contributed by atoms with Gasteiger partial charge in [0, 0.05) is 12.0 Å². The van der Waals surface area contributed by atoms with Crippen molar-refractivity contribution in [3.63, 3.8) is 0 Å². The Bertz CT molecular complexity index is 610. The van der Waals surface area contributed by atoms with E-state index in [1.165, 1.54) is 24.8 Å². The first kappa shape index (κ1) is 11.9. The number of cyclic esters (lactones) is 2. The fourth-order valence-corrected chi connectivity index (χ4v) is 3.53. The molecule has 0 aromatic heterocycles. The number of esters is 2. The molecule has 1 aliphatic heterocycles. The maximum atomic E-state index is 12.2. The van der Waals surface area contributed by atoms with Crippen LogP contribution in [0.3, 0.4) is 0 Å². The van der Waals surface area contributed by atoms with E-state index in [0.717, 1.165) is 47.1 Å². The highest BCUT2D eigenvalue weighted by atomic mass is 16.7. The van der Waals surface area contributed by atoms with Crippen LogP contribution < -0.4 is 0 Å². The van der Waals surface area contributed by atoms with E-state index in [1.807, 2.05) is 0 Å². The Morgan fingerprint density at radius 3 is 2.20 bits per heavy atom. The van der Waals surface area contributed by atoms with E-state index in [-0.39, 0.29) is 18.7 Å². The van der Waals surface area contributed by atoms with Gasteiger partial charge in [-0.15, -0.1) is 0 Å². The lowest BCUT2D eigenvalue weighted by Gasteiger charge is -2.21. The summed E-state index contributed by atoms with van der Waals surface area (Å²) in [7, 11) is 0. The molecule has 0 N–H and O–H groups in total. The van der Waals surface area contributed by atoms with E-state index in [9.17, 15) is 9.59 Å². The largest absolute Gasteiger partial charge is 0.424 e. The van der Waals surface area contributed by atoms with Crippen LogP contribution in [0, 0.1) is 0 Å². The molecule has 104 valence electrons. The average Bonchev–Trinajstić information content (AvgIpc) is 3.25. The lowest BCUT2D eigenvalue weighted by Crippen LogP contribution is -2.13. The molecule has 2 bridgehead atoms. The van der Waals surface area contributed by atoms with Crippen LogP contribution in [0.2, 0.25) is 0 Å². The first-order chi connectivity index (χ1) is 9.75. The Balaban J connectivity index is 1.85. The summed E-state index contributed by atoms with van der Waals surface area (Å²) in [6.07, 6.45) is 6.97. The maximum absolute atomic E-state index is 12.2. The normalized spacial score (nSPS) is 25.8. The van der Waals surface area contributed by atoms with Crippen molar-refractivity contribution in [2.45, 2.75) is 44.9 Å². The zero-order valence-corrected chi connectivity index (χ0v) is 11.3. The van der Waals surface area contributed by atoms with Gasteiger partial charge in [0.05, 0.1) is 5.57 Å². The first-order valence-electron chi connectivity index (χ1n) is 7.27. The van der Waals surface area contributed by atoms with Crippen LogP contribution >= 0.6 is 0 Å². The summed E-state index contributed by atoms with van der Waals surface area (Å²) in [6.45, 7) is -0.270. The lowest BCUT2D eigenvalue weighted by molar-refractivity contribution is -0.161. The van der Waals surface area contributed by atoms with Crippen molar-refractivity contribution in [1.29, 1.82) is 0 Å². The Morgan fingerprint density at radius 1 is 0.700 bits per heavy atom. The second-order valence-electron chi connectivity index (χ2n) is 5.79. The summed E-state index contributed by atoms with van der Waals surface area (Å²) < 4.78 is 10.1. The van der Waals surface area contributed by atoms with Crippen LogP contribution in [0.4, 0.5) is 0 Å². The van der Waals surface area contributed by atoms with E-state index in [4.69, 9.17) is 9.47 Å². The van der Waals surface area contributed by atoms with Gasteiger partial charge < -0.3 is 9.47 Å². The summed E-state index contributed by atoms with van der Waals surface area (Å²) >= 11 is 0. The molecule has 0 spiro atoms. The third kappa shape index (κ3) is 1.74. The number of ether oxygens (including phenoxy) is 2. The molecule has 4 heteroatoms. The molecule has 0 radical (unpaired) electrons. The zero-order chi connectivity index (χ0) is 13.7. The van der Waals surface area contributed by atoms with Gasteiger partial charge in [0.15, 0.2) is 0 Å². The fraction of sp³-hybridized carbons (Fsp3) is 0.500. The molecular formula is C16H16O4. The summed E-state index contributed by atoms with van der Waals surface area (Å²) in [5.41, 5.74) is 5.91. The molecule has 0 saturated heterocycles. The first-order valence-corrected chi connectivity index (χ1v) is 7.27. The minimum absolute atomic E-state index is 0.270. The molecular weight excluding hydrogens is 256 g/mol. The van der Waals surface area contributed by atoms with E-state index in [1.54, 1.807) is 0 Å². The van der Waals surface area contributed by atoms with Gasteiger partial charge in [-0.3, -0.25) is 0 Å². The van der Waals surface area contributed by atoms with Gasteiger partial charge in [-0.2, -0.15) is 0 Å². The number of rotatable bonds is 0. The highest BCUT2D eigenvalue weighted by molar-refractivity contribution is 6.04. The molecule has 0 atom stereocenters. The fourth-order valence-electron chi connectivity index (χ4n) is 3.53. The molecule has 4 rings (SSSR count). The Morgan fingerprint density at radius 2 is 1.40 bits per heavy atom. The van der Waals surface area contributed by atoms with Gasteiger partial charge in [-0.1, -0.05) is 12.0 Å². The highest BCUT2D eigenvalue weighted by Crippen LogP contribution is 2.52. The minimum atomic E-state index is -0.322. The molecule has 20 heavy (non-hydrogen) atoms. The third-order valence-corrected chi connectivity index (χ3v) is 4.63. The van der Waals surface area contributed by atoms with E-state index in [2.05, 4.69) is 0 Å². The smallest absolute Gasteiger partial charge is 0.341 e. The predicted octanol–water partition coefficient (Wildman–Crippen LogP) is 2.71. The standard InChI is InChI=1S/C16H16O4/c17-15-13-6-10(9-4-2-1-3-5-9)14(12-7-11(12)13)16(18)20-8-19-15/h1-8H2. The molecule has 3 aliphatic carbocycles. The Kier molecular flexibility index (Phi) is 2.59. The maximum Gasteiger partial charge on any atom is 0.341 e. The highest BCUT2D eigenvalue weighted by Gasteiger charge is 2.42. The molecule has 4 nitrogen and oxygen atoms in total. The number of carbonyl (C=O) groups excluding carboxylic acids is 2. The van der Waals surface area contributed by atoms with Crippen LogP contribution in [0.1, 0.15) is 44.9 Å². The second-order valence-corrected chi connectivity index (χ2v) is 5.79. The molecule has 0 aromatic carbocycles. The van der Waals surface area contributed by atoms with Crippen molar-refractivity contribution >= 4 is 11.9 Å². The van der Waals surface area contributed by atoms with Crippen LogP contribution in [-0.4, -0.2) is 18.7 Å². The Hall–Kier alpha value is -1.84. The van der Waals surface area contributed by atoms with Gasteiger partial charge in [0.1, 0.15) is 0 Å². The van der Waals surface area contributed by atoms with Crippen LogP contribution in [-0.2, 0) is 19.1 Å². The SMILES string of the molecule is O=C1OCOC(=O)C2=C3CC3=C1CC2=C1CCCCC1. The van der Waals surface area contributed by atoms with Crippen molar-refractivity contribution < 1.29 is 19.1 Å². The number of allylic oxidation sites excluding steroid dienone is 3. The number of hydrogen-bond acceptors (Lipinski definition) is 4. The quantitative estimate of drug-likeness (QED) is 0.636. The lowest BCUT2D eigenvalue weighted by atomic mass is 9.83. The topological polar surface area (TPSA) is 52.6 Å². The van der Waals surface area contributed by atoms with Crippen LogP contribution in [0.5, 0.6) is 0 Å².